The molecule has 0 aliphatic heterocycles. The van der Waals surface area contributed by atoms with E-state index in [4.69, 9.17) is 0 Å². The Kier molecular flexibility index (Phi) is 3.95. The number of nitrogens with one attached hydrogen (secondary N) is 2. The summed E-state index contributed by atoms with van der Waals surface area (Å²) in [5, 5.41) is 20.9. The zero-order chi connectivity index (χ0) is 20.7. The van der Waals surface area contributed by atoms with Crippen LogP contribution >= 0.6 is 0 Å². The van der Waals surface area contributed by atoms with Crippen LogP contribution in [0.25, 0.3) is 27.9 Å². The maximum atomic E-state index is 12.7. The van der Waals surface area contributed by atoms with Gasteiger partial charge in [0.15, 0.2) is 5.69 Å². The Labute approximate surface area is 168 Å². The molecule has 3 heterocycles. The van der Waals surface area contributed by atoms with Crippen molar-refractivity contribution < 1.29 is 9.72 Å². The number of carbonyl (C=O) groups is 1. The van der Waals surface area contributed by atoms with Crippen LogP contribution in [0.3, 0.4) is 0 Å². The molecule has 0 spiro atoms. The number of carbonyl (C=O) groups excluding carboxylic acids is 1. The lowest BCUT2D eigenvalue weighted by Gasteiger charge is -2.04. The first-order chi connectivity index (χ1) is 14.6. The molecular weight excluding hydrogens is 386 g/mol. The van der Waals surface area contributed by atoms with Crippen molar-refractivity contribution in [3.8, 4) is 11.3 Å². The molecule has 3 aromatic heterocycles. The molecule has 0 aliphatic carbocycles. The van der Waals surface area contributed by atoms with Crippen LogP contribution in [0.1, 0.15) is 10.5 Å². The van der Waals surface area contributed by atoms with Crippen molar-refractivity contribution >= 4 is 34.0 Å². The van der Waals surface area contributed by atoms with E-state index < -0.39 is 10.8 Å². The molecule has 2 aromatic carbocycles. The molecule has 2 N–H and O–H groups in total. The fraction of sp³-hybridized carbons (Fsp3) is 0. The molecule has 5 aromatic rings. The first-order valence-corrected chi connectivity index (χ1v) is 8.92. The highest BCUT2D eigenvalue weighted by molar-refractivity contribution is 6.11. The average Bonchev–Trinajstić information content (AvgIpc) is 3.38. The summed E-state index contributed by atoms with van der Waals surface area (Å²) in [6, 6.07) is 13.2. The summed E-state index contributed by atoms with van der Waals surface area (Å²) in [7, 11) is 0. The van der Waals surface area contributed by atoms with E-state index in [0.29, 0.717) is 22.4 Å². The first-order valence-electron chi connectivity index (χ1n) is 8.92. The molecule has 0 bridgehead atoms. The molecule has 0 fully saturated rings. The maximum Gasteiger partial charge on any atom is 0.276 e. The van der Waals surface area contributed by atoms with Crippen LogP contribution in [-0.2, 0) is 0 Å². The van der Waals surface area contributed by atoms with Gasteiger partial charge in [-0.15, -0.1) is 0 Å². The van der Waals surface area contributed by atoms with Crippen molar-refractivity contribution in [1.82, 2.24) is 24.6 Å². The predicted molar refractivity (Wildman–Crippen MR) is 109 cm³/mol. The molecule has 0 saturated carbocycles. The third kappa shape index (κ3) is 3.02. The highest BCUT2D eigenvalue weighted by Crippen LogP contribution is 2.24. The van der Waals surface area contributed by atoms with Gasteiger partial charge in [-0.3, -0.25) is 24.4 Å². The number of aromatic nitrogens is 5. The average molecular weight is 399 g/mol. The molecule has 10 heteroatoms. The molecule has 0 aliphatic rings. The molecule has 5 rings (SSSR count). The number of nitro groups is 1. The zero-order valence-corrected chi connectivity index (χ0v) is 15.3. The van der Waals surface area contributed by atoms with Crippen LogP contribution in [0.5, 0.6) is 0 Å². The minimum absolute atomic E-state index is 0.0872. The number of H-pyrrole nitrogens is 1. The lowest BCUT2D eigenvalue weighted by molar-refractivity contribution is -0.384. The van der Waals surface area contributed by atoms with Crippen LogP contribution in [0.4, 0.5) is 11.4 Å². The minimum atomic E-state index is -0.512. The van der Waals surface area contributed by atoms with Crippen LogP contribution in [0, 0.1) is 10.1 Å². The van der Waals surface area contributed by atoms with Gasteiger partial charge < -0.3 is 5.32 Å². The van der Waals surface area contributed by atoms with E-state index in [0.717, 1.165) is 11.3 Å². The standard InChI is InChI=1S/C20H13N7O3/c28-19(18-15-10-14(27(29)30)6-7-16(15)24-25-18)22-13-4-2-12(3-5-13)17-11-26-9-1-8-21-20(26)23-17/h1-11H,(H,22,28)(H,24,25). The maximum absolute atomic E-state index is 12.7. The Morgan fingerprint density at radius 2 is 2.00 bits per heavy atom. The lowest BCUT2D eigenvalue weighted by Crippen LogP contribution is -2.12. The first kappa shape index (κ1) is 17.5. The highest BCUT2D eigenvalue weighted by atomic mass is 16.6. The fourth-order valence-corrected chi connectivity index (χ4v) is 3.17. The number of hydrogen-bond donors (Lipinski definition) is 2. The SMILES string of the molecule is O=C(Nc1ccc(-c2cn3cccnc3n2)cc1)c1n[nH]c2ccc([N+](=O)[O-])cc12. The number of fused-ring (bicyclic) bond motifs is 2. The van der Waals surface area contributed by atoms with E-state index in [-0.39, 0.29) is 11.4 Å². The van der Waals surface area contributed by atoms with Crippen molar-refractivity contribution in [2.24, 2.45) is 0 Å². The van der Waals surface area contributed by atoms with Gasteiger partial charge in [-0.2, -0.15) is 5.10 Å². The van der Waals surface area contributed by atoms with Gasteiger partial charge in [0.2, 0.25) is 5.78 Å². The highest BCUT2D eigenvalue weighted by Gasteiger charge is 2.17. The summed E-state index contributed by atoms with van der Waals surface area (Å²) in [5.41, 5.74) is 2.72. The Balaban J connectivity index is 1.39. The number of benzene rings is 2. The number of anilines is 1. The second-order valence-electron chi connectivity index (χ2n) is 6.54. The lowest BCUT2D eigenvalue weighted by atomic mass is 10.1. The van der Waals surface area contributed by atoms with Crippen LogP contribution in [0.15, 0.2) is 67.1 Å². The number of imidazole rings is 1. The monoisotopic (exact) mass is 399 g/mol. The van der Waals surface area contributed by atoms with E-state index >= 15 is 0 Å². The second kappa shape index (κ2) is 6.78. The van der Waals surface area contributed by atoms with Crippen molar-refractivity contribution in [3.05, 3.63) is 82.9 Å². The normalized spacial score (nSPS) is 11.1. The fourth-order valence-electron chi connectivity index (χ4n) is 3.17. The summed E-state index contributed by atoms with van der Waals surface area (Å²) in [4.78, 5) is 31.8. The molecule has 0 unspecified atom stereocenters. The Hall–Kier alpha value is -4.60. The smallest absolute Gasteiger partial charge is 0.276 e. The molecule has 146 valence electrons. The summed E-state index contributed by atoms with van der Waals surface area (Å²) >= 11 is 0. The Morgan fingerprint density at radius 1 is 1.17 bits per heavy atom. The molecule has 10 nitrogen and oxygen atoms in total. The van der Waals surface area contributed by atoms with Gasteiger partial charge in [0, 0.05) is 47.4 Å². The van der Waals surface area contributed by atoms with Gasteiger partial charge in [0.25, 0.3) is 11.6 Å². The van der Waals surface area contributed by atoms with Gasteiger partial charge in [0.05, 0.1) is 16.1 Å². The molecule has 0 saturated heterocycles. The summed E-state index contributed by atoms with van der Waals surface area (Å²) in [5.74, 6) is 0.135. The summed E-state index contributed by atoms with van der Waals surface area (Å²) < 4.78 is 1.83. The Bertz CT molecular complexity index is 1390. The van der Waals surface area contributed by atoms with Gasteiger partial charge in [0.1, 0.15) is 0 Å². The van der Waals surface area contributed by atoms with Gasteiger partial charge in [-0.05, 0) is 24.3 Å². The van der Waals surface area contributed by atoms with Gasteiger partial charge in [-0.25, -0.2) is 9.97 Å². The molecule has 1 amide bonds. The third-order valence-electron chi connectivity index (χ3n) is 4.65. The largest absolute Gasteiger partial charge is 0.321 e. The summed E-state index contributed by atoms with van der Waals surface area (Å²) in [6.07, 6.45) is 5.42. The van der Waals surface area contributed by atoms with Crippen LogP contribution in [-0.4, -0.2) is 35.4 Å². The van der Waals surface area contributed by atoms with Crippen molar-refractivity contribution in [3.63, 3.8) is 0 Å². The number of rotatable bonds is 4. The zero-order valence-electron chi connectivity index (χ0n) is 15.3. The van der Waals surface area contributed by atoms with E-state index in [1.165, 1.54) is 18.2 Å². The van der Waals surface area contributed by atoms with Crippen molar-refractivity contribution in [2.45, 2.75) is 0 Å². The molecule has 0 radical (unpaired) electrons. The number of nitro benzene ring substituents is 1. The number of hydrogen-bond acceptors (Lipinski definition) is 6. The molecular formula is C20H13N7O3. The molecule has 30 heavy (non-hydrogen) atoms. The minimum Gasteiger partial charge on any atom is -0.321 e. The van der Waals surface area contributed by atoms with Crippen LogP contribution in [0.2, 0.25) is 0 Å². The second-order valence-corrected chi connectivity index (χ2v) is 6.54. The van der Waals surface area contributed by atoms with Gasteiger partial charge in [-0.1, -0.05) is 12.1 Å². The third-order valence-corrected chi connectivity index (χ3v) is 4.65. The van der Waals surface area contributed by atoms with Gasteiger partial charge >= 0.3 is 0 Å². The number of non-ortho nitro benzene ring substituents is 1. The molecule has 0 atom stereocenters. The topological polar surface area (TPSA) is 131 Å². The predicted octanol–water partition coefficient (Wildman–Crippen LogP) is 3.43. The van der Waals surface area contributed by atoms with E-state index in [9.17, 15) is 14.9 Å². The van der Waals surface area contributed by atoms with E-state index in [1.54, 1.807) is 18.3 Å². The Morgan fingerprint density at radius 3 is 2.77 bits per heavy atom. The van der Waals surface area contributed by atoms with E-state index in [1.807, 2.05) is 35.0 Å². The van der Waals surface area contributed by atoms with Crippen molar-refractivity contribution in [1.29, 1.82) is 0 Å². The summed E-state index contributed by atoms with van der Waals surface area (Å²) in [6.45, 7) is 0. The number of nitrogens with zero attached hydrogens (tertiary/aromatic N) is 5. The number of amides is 1. The quantitative estimate of drug-likeness (QED) is 0.352. The van der Waals surface area contributed by atoms with Crippen LogP contribution < -0.4 is 5.32 Å². The van der Waals surface area contributed by atoms with Crippen molar-refractivity contribution in [2.75, 3.05) is 5.32 Å². The number of aromatic amines is 1. The van der Waals surface area contributed by atoms with E-state index in [2.05, 4.69) is 25.5 Å².